The van der Waals surface area contributed by atoms with Crippen LogP contribution in [0.4, 0.5) is 0 Å². The highest BCUT2D eigenvalue weighted by Crippen LogP contribution is 2.29. The molecule has 1 unspecified atom stereocenters. The second-order valence-electron chi connectivity index (χ2n) is 7.37. The Labute approximate surface area is 161 Å². The van der Waals surface area contributed by atoms with Crippen LogP contribution in [-0.4, -0.2) is 79.9 Å². The number of hydrogen-bond acceptors (Lipinski definition) is 6. The highest BCUT2D eigenvalue weighted by atomic mass is 16.5. The van der Waals surface area contributed by atoms with Crippen molar-refractivity contribution in [3.8, 4) is 11.5 Å². The lowest BCUT2D eigenvalue weighted by molar-refractivity contribution is -0.124. The van der Waals surface area contributed by atoms with Crippen LogP contribution in [0, 0.1) is 0 Å². The topological polar surface area (TPSA) is 74.3 Å². The molecule has 27 heavy (non-hydrogen) atoms. The molecule has 3 rings (SSSR count). The second kappa shape index (κ2) is 9.92. The van der Waals surface area contributed by atoms with Crippen LogP contribution in [0.25, 0.3) is 0 Å². The number of piperidine rings is 1. The van der Waals surface area contributed by atoms with Gasteiger partial charge in [0.25, 0.3) is 0 Å². The molecule has 0 saturated carbocycles. The molecule has 1 aromatic carbocycles. The number of rotatable bonds is 8. The normalized spacial score (nSPS) is 20.1. The molecule has 2 saturated heterocycles. The quantitative estimate of drug-likeness (QED) is 0.700. The van der Waals surface area contributed by atoms with Crippen molar-refractivity contribution >= 4 is 5.91 Å². The third-order valence-electron chi connectivity index (χ3n) is 5.10. The molecule has 2 heterocycles. The van der Waals surface area contributed by atoms with Crippen LogP contribution < -0.4 is 14.8 Å². The average molecular weight is 377 g/mol. The van der Waals surface area contributed by atoms with Crippen LogP contribution in [0.2, 0.25) is 0 Å². The molecular weight excluding hydrogens is 346 g/mol. The number of hydrogen-bond donors (Lipinski definition) is 2. The number of carbonyl (C=O) groups is 1. The van der Waals surface area contributed by atoms with Gasteiger partial charge in [-0.25, -0.2) is 0 Å². The van der Waals surface area contributed by atoms with E-state index in [-0.39, 0.29) is 12.5 Å². The van der Waals surface area contributed by atoms with Crippen molar-refractivity contribution in [3.05, 3.63) is 23.8 Å². The van der Waals surface area contributed by atoms with Crippen LogP contribution in [0.3, 0.4) is 0 Å². The van der Waals surface area contributed by atoms with Crippen molar-refractivity contribution in [2.75, 3.05) is 53.0 Å². The summed E-state index contributed by atoms with van der Waals surface area (Å²) in [7, 11) is 1.61. The molecule has 2 fully saturated rings. The molecule has 1 atom stereocenters. The number of nitrogens with zero attached hydrogens (tertiary/aromatic N) is 2. The summed E-state index contributed by atoms with van der Waals surface area (Å²) in [6, 6.07) is 5.81. The van der Waals surface area contributed by atoms with Crippen LogP contribution in [0.1, 0.15) is 24.8 Å². The van der Waals surface area contributed by atoms with Gasteiger partial charge >= 0.3 is 0 Å². The molecule has 0 aromatic heterocycles. The number of aliphatic hydroxyl groups is 1. The van der Waals surface area contributed by atoms with Gasteiger partial charge in [-0.1, -0.05) is 12.5 Å². The first kappa shape index (κ1) is 19.9. The maximum Gasteiger partial charge on any atom is 0.234 e. The number of aliphatic hydroxyl groups excluding tert-OH is 1. The van der Waals surface area contributed by atoms with E-state index in [4.69, 9.17) is 9.47 Å². The SMILES string of the molecule is COc1ccc(CN2CCNC(=O)C2)cc1OCC(O)CN1CCCCC1. The first-order valence-electron chi connectivity index (χ1n) is 9.83. The van der Waals surface area contributed by atoms with Gasteiger partial charge < -0.3 is 24.8 Å². The van der Waals surface area contributed by atoms with E-state index in [0.717, 1.165) is 25.2 Å². The zero-order valence-electron chi connectivity index (χ0n) is 16.2. The number of ether oxygens (including phenoxy) is 2. The van der Waals surface area contributed by atoms with Crippen LogP contribution >= 0.6 is 0 Å². The average Bonchev–Trinajstić information content (AvgIpc) is 2.67. The van der Waals surface area contributed by atoms with E-state index >= 15 is 0 Å². The molecule has 2 aliphatic heterocycles. The zero-order chi connectivity index (χ0) is 19.1. The Morgan fingerprint density at radius 1 is 1.15 bits per heavy atom. The van der Waals surface area contributed by atoms with Gasteiger partial charge in [-0.15, -0.1) is 0 Å². The summed E-state index contributed by atoms with van der Waals surface area (Å²) < 4.78 is 11.3. The number of benzene rings is 1. The molecule has 0 aliphatic carbocycles. The molecule has 7 nitrogen and oxygen atoms in total. The van der Waals surface area contributed by atoms with Gasteiger partial charge in [0.1, 0.15) is 12.7 Å². The van der Waals surface area contributed by atoms with Crippen molar-refractivity contribution in [1.82, 2.24) is 15.1 Å². The highest BCUT2D eigenvalue weighted by Gasteiger charge is 2.18. The van der Waals surface area contributed by atoms with Crippen molar-refractivity contribution in [1.29, 1.82) is 0 Å². The van der Waals surface area contributed by atoms with Crippen LogP contribution in [-0.2, 0) is 11.3 Å². The number of likely N-dealkylation sites (tertiary alicyclic amines) is 1. The number of carbonyl (C=O) groups excluding carboxylic acids is 1. The minimum atomic E-state index is -0.526. The number of β-amino-alcohol motifs (C(OH)–C–C–N with tert-alkyl or cyclic N) is 1. The van der Waals surface area contributed by atoms with Gasteiger partial charge in [-0.05, 0) is 43.6 Å². The fraction of sp³-hybridized carbons (Fsp3) is 0.650. The maximum atomic E-state index is 11.5. The van der Waals surface area contributed by atoms with E-state index < -0.39 is 6.10 Å². The molecule has 7 heteroatoms. The molecule has 1 amide bonds. The molecule has 1 aromatic rings. The number of methoxy groups -OCH3 is 1. The van der Waals surface area contributed by atoms with E-state index in [0.29, 0.717) is 37.7 Å². The van der Waals surface area contributed by atoms with Gasteiger partial charge in [-0.3, -0.25) is 9.69 Å². The fourth-order valence-electron chi connectivity index (χ4n) is 3.70. The molecule has 150 valence electrons. The number of nitrogens with one attached hydrogen (secondary N) is 1. The van der Waals surface area contributed by atoms with E-state index in [2.05, 4.69) is 15.1 Å². The van der Waals surface area contributed by atoms with Gasteiger partial charge in [0.15, 0.2) is 11.5 Å². The largest absolute Gasteiger partial charge is 0.493 e. The number of amides is 1. The zero-order valence-corrected chi connectivity index (χ0v) is 16.2. The predicted octanol–water partition coefficient (Wildman–Crippen LogP) is 0.853. The van der Waals surface area contributed by atoms with Crippen molar-refractivity contribution < 1.29 is 19.4 Å². The third kappa shape index (κ3) is 6.09. The summed E-state index contributed by atoms with van der Waals surface area (Å²) in [6.07, 6.45) is 3.17. The van der Waals surface area contributed by atoms with Crippen molar-refractivity contribution in [3.63, 3.8) is 0 Å². The van der Waals surface area contributed by atoms with Gasteiger partial charge in [0, 0.05) is 26.2 Å². The molecule has 2 aliphatic rings. The Morgan fingerprint density at radius 3 is 2.70 bits per heavy atom. The predicted molar refractivity (Wildman–Crippen MR) is 103 cm³/mol. The van der Waals surface area contributed by atoms with Gasteiger partial charge in [-0.2, -0.15) is 0 Å². The summed E-state index contributed by atoms with van der Waals surface area (Å²) in [5, 5.41) is 13.2. The fourth-order valence-corrected chi connectivity index (χ4v) is 3.70. The van der Waals surface area contributed by atoms with Crippen molar-refractivity contribution in [2.24, 2.45) is 0 Å². The molecule has 0 bridgehead atoms. The van der Waals surface area contributed by atoms with E-state index in [1.54, 1.807) is 7.11 Å². The lowest BCUT2D eigenvalue weighted by atomic mass is 10.1. The first-order valence-corrected chi connectivity index (χ1v) is 9.83. The second-order valence-corrected chi connectivity index (χ2v) is 7.37. The Bertz CT molecular complexity index is 619. The molecule has 2 N–H and O–H groups in total. The van der Waals surface area contributed by atoms with Crippen LogP contribution in [0.15, 0.2) is 18.2 Å². The van der Waals surface area contributed by atoms with E-state index in [9.17, 15) is 9.90 Å². The van der Waals surface area contributed by atoms with Crippen LogP contribution in [0.5, 0.6) is 11.5 Å². The molecule has 0 radical (unpaired) electrons. The summed E-state index contributed by atoms with van der Waals surface area (Å²) in [4.78, 5) is 15.9. The standard InChI is InChI=1S/C20H31N3O4/c1-26-18-6-5-16(12-23-10-7-21-20(25)14-23)11-19(18)27-15-17(24)13-22-8-3-2-4-9-22/h5-6,11,17,24H,2-4,7-10,12-15H2,1H3,(H,21,25). The Morgan fingerprint density at radius 2 is 1.96 bits per heavy atom. The Hall–Kier alpha value is -1.83. The summed E-state index contributed by atoms with van der Waals surface area (Å²) in [5.41, 5.74) is 1.06. The van der Waals surface area contributed by atoms with Gasteiger partial charge in [0.05, 0.1) is 13.7 Å². The summed E-state index contributed by atoms with van der Waals surface area (Å²) >= 11 is 0. The highest BCUT2D eigenvalue weighted by molar-refractivity contribution is 5.78. The van der Waals surface area contributed by atoms with E-state index in [1.807, 2.05) is 18.2 Å². The monoisotopic (exact) mass is 377 g/mol. The molecule has 0 spiro atoms. The van der Waals surface area contributed by atoms with E-state index in [1.165, 1.54) is 19.3 Å². The summed E-state index contributed by atoms with van der Waals surface area (Å²) in [6.45, 7) is 5.61. The first-order chi connectivity index (χ1) is 13.1. The van der Waals surface area contributed by atoms with Crippen molar-refractivity contribution in [2.45, 2.75) is 31.9 Å². The lowest BCUT2D eigenvalue weighted by Gasteiger charge is -2.28. The Balaban J connectivity index is 1.55. The number of piperazine rings is 1. The Kier molecular flexibility index (Phi) is 7.32. The maximum absolute atomic E-state index is 11.5. The lowest BCUT2D eigenvalue weighted by Crippen LogP contribution is -2.47. The minimum absolute atomic E-state index is 0.0621. The summed E-state index contributed by atoms with van der Waals surface area (Å²) in [5.74, 6) is 1.35. The van der Waals surface area contributed by atoms with Gasteiger partial charge in [0.2, 0.25) is 5.91 Å². The molecular formula is C20H31N3O4. The third-order valence-corrected chi connectivity index (χ3v) is 5.10. The minimum Gasteiger partial charge on any atom is -0.493 e. The smallest absolute Gasteiger partial charge is 0.234 e.